The molecule has 154 valence electrons. The highest BCUT2D eigenvalue weighted by Gasteiger charge is 2.21. The Morgan fingerprint density at radius 3 is 2.85 bits per heavy atom. The Hall–Kier alpha value is -0.160. The van der Waals surface area contributed by atoms with Gasteiger partial charge in [0.05, 0.1) is 25.4 Å². The van der Waals surface area contributed by atoms with Crippen molar-refractivity contribution < 1.29 is 14.2 Å². The number of rotatable bonds is 9. The molecule has 0 bridgehead atoms. The minimum atomic E-state index is 0. The van der Waals surface area contributed by atoms with Gasteiger partial charge in [-0.25, -0.2) is 0 Å². The van der Waals surface area contributed by atoms with Crippen molar-refractivity contribution >= 4 is 29.9 Å². The zero-order valence-corrected chi connectivity index (χ0v) is 18.9. The van der Waals surface area contributed by atoms with E-state index in [-0.39, 0.29) is 36.2 Å². The van der Waals surface area contributed by atoms with E-state index in [1.54, 1.807) is 7.05 Å². The fourth-order valence-electron chi connectivity index (χ4n) is 3.19. The van der Waals surface area contributed by atoms with Gasteiger partial charge in [-0.2, -0.15) is 0 Å². The highest BCUT2D eigenvalue weighted by atomic mass is 127. The van der Waals surface area contributed by atoms with Crippen molar-refractivity contribution in [1.29, 1.82) is 0 Å². The zero-order chi connectivity index (χ0) is 17.9. The van der Waals surface area contributed by atoms with Gasteiger partial charge in [-0.3, -0.25) is 9.89 Å². The molecule has 7 nitrogen and oxygen atoms in total. The molecule has 0 aromatic carbocycles. The molecule has 2 aliphatic heterocycles. The van der Waals surface area contributed by atoms with Gasteiger partial charge in [0.2, 0.25) is 0 Å². The second-order valence-corrected chi connectivity index (χ2v) is 7.24. The van der Waals surface area contributed by atoms with Crippen LogP contribution in [0.5, 0.6) is 0 Å². The van der Waals surface area contributed by atoms with E-state index >= 15 is 0 Å². The number of nitrogens with one attached hydrogen (secondary N) is 2. The van der Waals surface area contributed by atoms with Crippen molar-refractivity contribution in [2.75, 3.05) is 66.2 Å². The Morgan fingerprint density at radius 1 is 1.31 bits per heavy atom. The van der Waals surface area contributed by atoms with Crippen LogP contribution in [0.4, 0.5) is 0 Å². The molecule has 0 aliphatic carbocycles. The molecule has 2 rings (SSSR count). The van der Waals surface area contributed by atoms with Crippen molar-refractivity contribution in [1.82, 2.24) is 15.5 Å². The summed E-state index contributed by atoms with van der Waals surface area (Å²) in [5.74, 6) is 1.52. The lowest BCUT2D eigenvalue weighted by molar-refractivity contribution is -0.0284. The molecule has 0 aromatic heterocycles. The molecular weight excluding hydrogens is 447 g/mol. The summed E-state index contributed by atoms with van der Waals surface area (Å²) in [6.45, 7) is 12.5. The molecule has 0 amide bonds. The van der Waals surface area contributed by atoms with Crippen LogP contribution < -0.4 is 10.6 Å². The lowest BCUT2D eigenvalue weighted by Gasteiger charge is -2.34. The van der Waals surface area contributed by atoms with Gasteiger partial charge in [-0.1, -0.05) is 13.8 Å². The van der Waals surface area contributed by atoms with Gasteiger partial charge in [0.25, 0.3) is 0 Å². The van der Waals surface area contributed by atoms with Crippen molar-refractivity contribution in [2.45, 2.75) is 38.9 Å². The normalized spacial score (nSPS) is 24.5. The molecule has 2 unspecified atom stereocenters. The van der Waals surface area contributed by atoms with Gasteiger partial charge in [0.15, 0.2) is 5.96 Å². The average molecular weight is 484 g/mol. The molecule has 8 heteroatoms. The maximum atomic E-state index is 5.87. The molecule has 2 fully saturated rings. The summed E-state index contributed by atoms with van der Waals surface area (Å²) < 4.78 is 16.9. The van der Waals surface area contributed by atoms with Crippen LogP contribution in [0.2, 0.25) is 0 Å². The van der Waals surface area contributed by atoms with Crippen LogP contribution in [-0.2, 0) is 14.2 Å². The standard InChI is InChI=1S/C18H36N4O3.HI/c1-15(2)12-22-7-10-25-17(13-22)11-21-18(19-3)20-6-4-8-24-16-5-9-23-14-16;/h15-17H,4-14H2,1-3H3,(H2,19,20,21);1H. The lowest BCUT2D eigenvalue weighted by Crippen LogP contribution is -2.50. The Labute approximate surface area is 175 Å². The van der Waals surface area contributed by atoms with Crippen LogP contribution in [0.3, 0.4) is 0 Å². The van der Waals surface area contributed by atoms with Crippen LogP contribution in [0.1, 0.15) is 26.7 Å². The third kappa shape index (κ3) is 9.68. The Bertz CT molecular complexity index is 393. The zero-order valence-electron chi connectivity index (χ0n) is 16.5. The monoisotopic (exact) mass is 484 g/mol. The van der Waals surface area contributed by atoms with E-state index < -0.39 is 0 Å². The molecule has 0 spiro atoms. The van der Waals surface area contributed by atoms with Crippen LogP contribution in [0, 0.1) is 5.92 Å². The van der Waals surface area contributed by atoms with Gasteiger partial charge < -0.3 is 24.8 Å². The third-order valence-electron chi connectivity index (χ3n) is 4.42. The number of ether oxygens (including phenoxy) is 3. The largest absolute Gasteiger partial charge is 0.379 e. The van der Waals surface area contributed by atoms with E-state index in [0.717, 1.165) is 78.0 Å². The fraction of sp³-hybridized carbons (Fsp3) is 0.944. The van der Waals surface area contributed by atoms with Gasteiger partial charge in [0, 0.05) is 53.0 Å². The summed E-state index contributed by atoms with van der Waals surface area (Å²) in [5.41, 5.74) is 0. The molecule has 2 N–H and O–H groups in total. The Morgan fingerprint density at radius 2 is 2.15 bits per heavy atom. The summed E-state index contributed by atoms with van der Waals surface area (Å²) >= 11 is 0. The quantitative estimate of drug-likeness (QED) is 0.223. The predicted octanol–water partition coefficient (Wildman–Crippen LogP) is 1.32. The number of hydrogen-bond acceptors (Lipinski definition) is 5. The van der Waals surface area contributed by atoms with Crippen molar-refractivity contribution in [3.63, 3.8) is 0 Å². The van der Waals surface area contributed by atoms with Crippen LogP contribution in [-0.4, -0.2) is 89.3 Å². The Kier molecular flexibility index (Phi) is 12.8. The first-order valence-electron chi connectivity index (χ1n) is 9.65. The first kappa shape index (κ1) is 23.9. The van der Waals surface area contributed by atoms with Gasteiger partial charge in [-0.05, 0) is 18.8 Å². The molecule has 2 atom stereocenters. The van der Waals surface area contributed by atoms with Crippen molar-refractivity contribution in [3.8, 4) is 0 Å². The smallest absolute Gasteiger partial charge is 0.191 e. The number of halogens is 1. The fourth-order valence-corrected chi connectivity index (χ4v) is 3.19. The van der Waals surface area contributed by atoms with E-state index in [4.69, 9.17) is 14.2 Å². The minimum Gasteiger partial charge on any atom is -0.379 e. The summed E-state index contributed by atoms with van der Waals surface area (Å²) in [6.07, 6.45) is 2.48. The van der Waals surface area contributed by atoms with E-state index in [1.165, 1.54) is 0 Å². The summed E-state index contributed by atoms with van der Waals surface area (Å²) in [6, 6.07) is 0. The first-order chi connectivity index (χ1) is 12.2. The highest BCUT2D eigenvalue weighted by Crippen LogP contribution is 2.08. The number of nitrogens with zero attached hydrogens (tertiary/aromatic N) is 2. The molecule has 0 saturated carbocycles. The molecule has 0 radical (unpaired) electrons. The van der Waals surface area contributed by atoms with Crippen LogP contribution >= 0.6 is 24.0 Å². The lowest BCUT2D eigenvalue weighted by atomic mass is 10.2. The molecular formula is C18H37IN4O3. The topological polar surface area (TPSA) is 67.4 Å². The average Bonchev–Trinajstić information content (AvgIpc) is 3.10. The predicted molar refractivity (Wildman–Crippen MR) is 116 cm³/mol. The van der Waals surface area contributed by atoms with Crippen LogP contribution in [0.15, 0.2) is 4.99 Å². The van der Waals surface area contributed by atoms with Gasteiger partial charge in [-0.15, -0.1) is 24.0 Å². The number of morpholine rings is 1. The highest BCUT2D eigenvalue weighted by molar-refractivity contribution is 14.0. The molecule has 2 saturated heterocycles. The van der Waals surface area contributed by atoms with Crippen molar-refractivity contribution in [3.05, 3.63) is 0 Å². The summed E-state index contributed by atoms with van der Waals surface area (Å²) in [4.78, 5) is 6.77. The van der Waals surface area contributed by atoms with E-state index in [2.05, 4.69) is 34.4 Å². The minimum absolute atomic E-state index is 0. The van der Waals surface area contributed by atoms with E-state index in [1.807, 2.05) is 0 Å². The second kappa shape index (κ2) is 13.9. The Balaban J connectivity index is 0.00000338. The molecule has 0 aromatic rings. The van der Waals surface area contributed by atoms with E-state index in [0.29, 0.717) is 5.92 Å². The molecule has 26 heavy (non-hydrogen) atoms. The maximum absolute atomic E-state index is 5.87. The SMILES string of the molecule is CN=C(NCCCOC1CCOC1)NCC1CN(CC(C)C)CCO1.I. The van der Waals surface area contributed by atoms with Gasteiger partial charge in [0.1, 0.15) is 0 Å². The molecule has 2 heterocycles. The van der Waals surface area contributed by atoms with Gasteiger partial charge >= 0.3 is 0 Å². The molecule has 2 aliphatic rings. The number of guanidine groups is 1. The third-order valence-corrected chi connectivity index (χ3v) is 4.42. The summed E-state index contributed by atoms with van der Waals surface area (Å²) in [5, 5.41) is 6.71. The number of hydrogen-bond donors (Lipinski definition) is 2. The van der Waals surface area contributed by atoms with E-state index in [9.17, 15) is 0 Å². The van der Waals surface area contributed by atoms with Crippen LogP contribution in [0.25, 0.3) is 0 Å². The summed E-state index contributed by atoms with van der Waals surface area (Å²) in [7, 11) is 1.80. The second-order valence-electron chi connectivity index (χ2n) is 7.24. The number of aliphatic imine (C=N–C) groups is 1. The van der Waals surface area contributed by atoms with Crippen molar-refractivity contribution in [2.24, 2.45) is 10.9 Å². The maximum Gasteiger partial charge on any atom is 0.191 e. The first-order valence-corrected chi connectivity index (χ1v) is 9.65.